The van der Waals surface area contributed by atoms with Gasteiger partial charge in [-0.3, -0.25) is 10.1 Å². The van der Waals surface area contributed by atoms with E-state index < -0.39 is 18.0 Å². The summed E-state index contributed by atoms with van der Waals surface area (Å²) in [5.41, 5.74) is 1.64. The Kier molecular flexibility index (Phi) is 4.85. The van der Waals surface area contributed by atoms with Gasteiger partial charge >= 0.3 is 0 Å². The molecule has 0 saturated heterocycles. The van der Waals surface area contributed by atoms with E-state index in [2.05, 4.69) is 20.9 Å². The standard InChI is InChI=1S/C24H20F2N4O4/c25-11-1-4-15(26)16(9-11)28-24(32)30-21-20-14-10-12(2-5-17(14)34-22(20)21)33-18-7-8-27-23-13(18)3-6-19(31)29-23/h1-2,4-5,7-10,20-22,24,28,30,32H,3,6H2,(H,27,29,31)/t20-,21-,22-,24?/m0/s1. The maximum atomic E-state index is 13.8. The van der Waals surface area contributed by atoms with Crippen molar-refractivity contribution >= 4 is 17.4 Å². The number of aliphatic hydroxyl groups excluding tert-OH is 1. The first-order chi connectivity index (χ1) is 16.5. The van der Waals surface area contributed by atoms with Gasteiger partial charge in [0.25, 0.3) is 0 Å². The normalized spacial score (nSPS) is 22.6. The van der Waals surface area contributed by atoms with Crippen LogP contribution in [0.15, 0.2) is 48.7 Å². The Balaban J connectivity index is 1.15. The summed E-state index contributed by atoms with van der Waals surface area (Å²) in [5, 5.41) is 18.5. The molecule has 4 atom stereocenters. The molecule has 10 heteroatoms. The molecule has 34 heavy (non-hydrogen) atoms. The quantitative estimate of drug-likeness (QED) is 0.414. The summed E-state index contributed by atoms with van der Waals surface area (Å²) >= 11 is 0. The van der Waals surface area contributed by atoms with E-state index in [9.17, 15) is 18.7 Å². The summed E-state index contributed by atoms with van der Waals surface area (Å²) in [6, 6.07) is 10.1. The van der Waals surface area contributed by atoms with E-state index in [1.807, 2.05) is 18.2 Å². The number of ether oxygens (including phenoxy) is 2. The topological polar surface area (TPSA) is 105 Å². The minimum absolute atomic E-state index is 0.0157. The number of fused-ring (bicyclic) bond motifs is 4. The summed E-state index contributed by atoms with van der Waals surface area (Å²) in [4.78, 5) is 15.8. The SMILES string of the molecule is O=C1CCc2c(Oc3ccc4c(c3)[C@H]3[C@H](NC(O)Nc5cc(F)ccc5F)[C@H]3O4)ccnc2N1. The average Bonchev–Trinajstić information content (AvgIpc) is 3.32. The predicted molar refractivity (Wildman–Crippen MR) is 118 cm³/mol. The minimum Gasteiger partial charge on any atom is -0.488 e. The maximum Gasteiger partial charge on any atom is 0.225 e. The summed E-state index contributed by atoms with van der Waals surface area (Å²) in [6.07, 6.45) is 1.04. The van der Waals surface area contributed by atoms with Crippen LogP contribution in [-0.4, -0.2) is 34.5 Å². The van der Waals surface area contributed by atoms with Gasteiger partial charge in [0.2, 0.25) is 5.91 Å². The highest BCUT2D eigenvalue weighted by Crippen LogP contribution is 2.54. The first kappa shape index (κ1) is 20.8. The van der Waals surface area contributed by atoms with Crippen LogP contribution < -0.4 is 25.4 Å². The molecule has 3 aliphatic rings. The van der Waals surface area contributed by atoms with Crippen molar-refractivity contribution in [3.8, 4) is 17.2 Å². The zero-order valence-electron chi connectivity index (χ0n) is 17.7. The Morgan fingerprint density at radius 3 is 2.94 bits per heavy atom. The Morgan fingerprint density at radius 2 is 2.06 bits per heavy atom. The predicted octanol–water partition coefficient (Wildman–Crippen LogP) is 3.24. The van der Waals surface area contributed by atoms with Crippen LogP contribution in [0.25, 0.3) is 0 Å². The summed E-state index contributed by atoms with van der Waals surface area (Å²) in [5.74, 6) is 1.13. The largest absolute Gasteiger partial charge is 0.488 e. The Bertz CT molecular complexity index is 1300. The summed E-state index contributed by atoms with van der Waals surface area (Å²) < 4.78 is 39.3. The van der Waals surface area contributed by atoms with E-state index in [0.29, 0.717) is 30.2 Å². The van der Waals surface area contributed by atoms with E-state index in [0.717, 1.165) is 35.1 Å². The molecule has 3 heterocycles. The van der Waals surface area contributed by atoms with E-state index in [1.54, 1.807) is 12.3 Å². The molecule has 174 valence electrons. The highest BCUT2D eigenvalue weighted by molar-refractivity contribution is 5.93. The number of benzene rings is 2. The third kappa shape index (κ3) is 3.70. The smallest absolute Gasteiger partial charge is 0.225 e. The van der Waals surface area contributed by atoms with E-state index in [-0.39, 0.29) is 29.7 Å². The third-order valence-corrected chi connectivity index (χ3v) is 6.23. The molecular weight excluding hydrogens is 446 g/mol. The van der Waals surface area contributed by atoms with E-state index >= 15 is 0 Å². The lowest BCUT2D eigenvalue weighted by Gasteiger charge is -2.19. The van der Waals surface area contributed by atoms with E-state index in [4.69, 9.17) is 9.47 Å². The fraction of sp³-hybridized carbons (Fsp3) is 0.250. The molecule has 0 bridgehead atoms. The average molecular weight is 466 g/mol. The van der Waals surface area contributed by atoms with Gasteiger partial charge < -0.3 is 25.2 Å². The zero-order valence-corrected chi connectivity index (χ0v) is 17.7. The number of hydrogen-bond donors (Lipinski definition) is 4. The van der Waals surface area contributed by atoms with Gasteiger partial charge in [-0.25, -0.2) is 13.8 Å². The molecule has 1 amide bonds. The van der Waals surface area contributed by atoms with Gasteiger partial charge in [-0.05, 0) is 42.8 Å². The van der Waals surface area contributed by atoms with Crippen molar-refractivity contribution in [2.45, 2.75) is 37.3 Å². The molecule has 1 aromatic heterocycles. The molecule has 3 aromatic rings. The van der Waals surface area contributed by atoms with Crippen LogP contribution in [0.3, 0.4) is 0 Å². The molecule has 0 radical (unpaired) electrons. The Labute approximate surface area is 192 Å². The first-order valence-corrected chi connectivity index (χ1v) is 10.9. The van der Waals surface area contributed by atoms with Crippen LogP contribution in [0.5, 0.6) is 17.2 Å². The number of nitrogens with one attached hydrogen (secondary N) is 3. The fourth-order valence-corrected chi connectivity index (χ4v) is 4.56. The van der Waals surface area contributed by atoms with Gasteiger partial charge in [-0.1, -0.05) is 0 Å². The fourth-order valence-electron chi connectivity index (χ4n) is 4.56. The number of aromatic nitrogens is 1. The van der Waals surface area contributed by atoms with Crippen LogP contribution in [0.2, 0.25) is 0 Å². The van der Waals surface area contributed by atoms with Crippen LogP contribution in [-0.2, 0) is 11.2 Å². The lowest BCUT2D eigenvalue weighted by atomic mass is 10.1. The number of amides is 1. The first-order valence-electron chi connectivity index (χ1n) is 10.9. The number of carbonyl (C=O) groups excluding carboxylic acids is 1. The minimum atomic E-state index is -1.29. The van der Waals surface area contributed by atoms with Crippen molar-refractivity contribution in [1.82, 2.24) is 10.3 Å². The van der Waals surface area contributed by atoms with Gasteiger partial charge in [-0.15, -0.1) is 0 Å². The number of halogens is 2. The molecule has 1 saturated carbocycles. The van der Waals surface area contributed by atoms with Gasteiger partial charge in [0.15, 0.2) is 6.35 Å². The zero-order chi connectivity index (χ0) is 23.4. The van der Waals surface area contributed by atoms with Crippen LogP contribution in [0.1, 0.15) is 23.5 Å². The highest BCUT2D eigenvalue weighted by Gasteiger charge is 2.59. The summed E-state index contributed by atoms with van der Waals surface area (Å²) in [7, 11) is 0. The molecule has 1 aliphatic carbocycles. The van der Waals surface area contributed by atoms with Gasteiger partial charge in [-0.2, -0.15) is 0 Å². The van der Waals surface area contributed by atoms with Crippen molar-refractivity contribution in [1.29, 1.82) is 0 Å². The molecule has 4 N–H and O–H groups in total. The van der Waals surface area contributed by atoms with Gasteiger partial charge in [0.1, 0.15) is 40.8 Å². The molecule has 2 aliphatic heterocycles. The lowest BCUT2D eigenvalue weighted by Crippen LogP contribution is -2.40. The van der Waals surface area contributed by atoms with E-state index in [1.165, 1.54) is 0 Å². The maximum absolute atomic E-state index is 13.8. The number of carbonyl (C=O) groups is 1. The second kappa shape index (κ2) is 7.93. The second-order valence-corrected chi connectivity index (χ2v) is 8.46. The second-order valence-electron chi connectivity index (χ2n) is 8.46. The molecule has 0 spiro atoms. The molecule has 8 nitrogen and oxygen atoms in total. The summed E-state index contributed by atoms with van der Waals surface area (Å²) in [6.45, 7) is 0. The number of hydrogen-bond acceptors (Lipinski definition) is 7. The monoisotopic (exact) mass is 466 g/mol. The Hall–Kier alpha value is -3.76. The van der Waals surface area contributed by atoms with Crippen molar-refractivity contribution in [3.05, 3.63) is 71.4 Å². The number of rotatable bonds is 6. The lowest BCUT2D eigenvalue weighted by molar-refractivity contribution is -0.116. The van der Waals surface area contributed by atoms with Crippen LogP contribution in [0.4, 0.5) is 20.3 Å². The van der Waals surface area contributed by atoms with Crippen LogP contribution in [0, 0.1) is 11.6 Å². The van der Waals surface area contributed by atoms with Crippen molar-refractivity contribution in [2.24, 2.45) is 0 Å². The van der Waals surface area contributed by atoms with Crippen molar-refractivity contribution in [2.75, 3.05) is 10.6 Å². The van der Waals surface area contributed by atoms with Gasteiger partial charge in [0.05, 0.1) is 11.7 Å². The number of nitrogens with zero attached hydrogens (tertiary/aromatic N) is 1. The number of pyridine rings is 1. The van der Waals surface area contributed by atoms with Crippen LogP contribution >= 0.6 is 0 Å². The molecule has 6 rings (SSSR count). The Morgan fingerprint density at radius 1 is 1.18 bits per heavy atom. The number of aliphatic hydroxyl groups is 1. The molecule has 1 fully saturated rings. The molecule has 2 aromatic carbocycles. The molecular formula is C24H20F2N4O4. The van der Waals surface area contributed by atoms with Gasteiger partial charge in [0, 0.05) is 35.7 Å². The highest BCUT2D eigenvalue weighted by atomic mass is 19.1. The molecule has 1 unspecified atom stereocenters. The third-order valence-electron chi connectivity index (χ3n) is 6.23. The van der Waals surface area contributed by atoms with Crippen molar-refractivity contribution in [3.63, 3.8) is 0 Å². The number of anilines is 2. The van der Waals surface area contributed by atoms with Crippen molar-refractivity contribution < 1.29 is 28.2 Å².